The van der Waals surface area contributed by atoms with Gasteiger partial charge in [0.1, 0.15) is 5.71 Å². The number of rotatable bonds is 2. The van der Waals surface area contributed by atoms with Crippen LogP contribution >= 0.6 is 0 Å². The highest BCUT2D eigenvalue weighted by Crippen LogP contribution is 2.42. The van der Waals surface area contributed by atoms with Gasteiger partial charge in [-0.2, -0.15) is 5.10 Å². The van der Waals surface area contributed by atoms with Crippen molar-refractivity contribution >= 4 is 22.3 Å². The number of aromatic nitrogens is 2. The van der Waals surface area contributed by atoms with Crippen molar-refractivity contribution in [2.75, 3.05) is 0 Å². The minimum atomic E-state index is -0.400. The Labute approximate surface area is 157 Å². The molecule has 1 aliphatic rings. The predicted octanol–water partition coefficient (Wildman–Crippen LogP) is 5.12. The van der Waals surface area contributed by atoms with Crippen LogP contribution in [0.15, 0.2) is 84.0 Å². The molecule has 0 radical (unpaired) electrons. The van der Waals surface area contributed by atoms with Crippen LogP contribution in [0.2, 0.25) is 0 Å². The van der Waals surface area contributed by atoms with Crippen LogP contribution < -0.4 is 0 Å². The highest BCUT2D eigenvalue weighted by Gasteiger charge is 2.41. The highest BCUT2D eigenvalue weighted by atomic mass is 15.2. The molecule has 2 unspecified atom stereocenters. The van der Waals surface area contributed by atoms with E-state index in [0.29, 0.717) is 0 Å². The van der Waals surface area contributed by atoms with Crippen molar-refractivity contribution in [2.24, 2.45) is 4.99 Å². The van der Waals surface area contributed by atoms with E-state index in [4.69, 9.17) is 11.6 Å². The van der Waals surface area contributed by atoms with Crippen LogP contribution in [-0.4, -0.2) is 22.0 Å². The average Bonchev–Trinajstić information content (AvgIpc) is 3.21. The van der Waals surface area contributed by atoms with Gasteiger partial charge in [0.25, 0.3) is 6.04 Å². The fraction of sp³-hybridized carbons (Fsp3) is 0.0870. The zero-order valence-corrected chi connectivity index (χ0v) is 14.5. The second-order valence-electron chi connectivity index (χ2n) is 6.66. The van der Waals surface area contributed by atoms with Crippen molar-refractivity contribution in [1.82, 2.24) is 10.2 Å². The molecule has 4 nitrogen and oxygen atoms in total. The molecule has 4 heteroatoms. The van der Waals surface area contributed by atoms with E-state index < -0.39 is 6.04 Å². The topological polar surface area (TPSA) is 45.4 Å². The number of aliphatic imine (C=N–C) groups is 1. The Morgan fingerprint density at radius 3 is 2.48 bits per heavy atom. The van der Waals surface area contributed by atoms with E-state index in [0.717, 1.165) is 28.2 Å². The van der Waals surface area contributed by atoms with Gasteiger partial charge in [0.05, 0.1) is 12.1 Å². The lowest BCUT2D eigenvalue weighted by Gasteiger charge is -2.25. The van der Waals surface area contributed by atoms with Crippen molar-refractivity contribution in [2.45, 2.75) is 12.0 Å². The van der Waals surface area contributed by atoms with Gasteiger partial charge in [0.15, 0.2) is 5.82 Å². The van der Waals surface area contributed by atoms with Gasteiger partial charge in [-0.25, -0.2) is 11.6 Å². The normalized spacial score (nSPS) is 18.6. The lowest BCUT2D eigenvalue weighted by molar-refractivity contribution is 0.800. The summed E-state index contributed by atoms with van der Waals surface area (Å²) in [7, 11) is 0. The molecule has 2 heterocycles. The fourth-order valence-corrected chi connectivity index (χ4v) is 3.96. The monoisotopic (exact) mass is 348 g/mol. The number of hydrogen-bond donors (Lipinski definition) is 1. The van der Waals surface area contributed by atoms with Crippen LogP contribution in [0.1, 0.15) is 22.6 Å². The quantitative estimate of drug-likeness (QED) is 0.502. The SMILES string of the molecule is [C-]#[N+]C1C(c2ccccc2)=Nc2[nH]ncc2C1c1cccc2ccccc12. The van der Waals surface area contributed by atoms with Gasteiger partial charge in [-0.15, -0.1) is 0 Å². The number of nitrogens with one attached hydrogen (secondary N) is 1. The predicted molar refractivity (Wildman–Crippen MR) is 107 cm³/mol. The summed E-state index contributed by atoms with van der Waals surface area (Å²) >= 11 is 0. The third kappa shape index (κ3) is 2.44. The Morgan fingerprint density at radius 1 is 0.852 bits per heavy atom. The van der Waals surface area contributed by atoms with Gasteiger partial charge in [-0.05, 0) is 16.3 Å². The van der Waals surface area contributed by atoms with Crippen LogP contribution in [0.4, 0.5) is 5.82 Å². The maximum atomic E-state index is 7.97. The maximum Gasteiger partial charge on any atom is 0.276 e. The molecule has 0 amide bonds. The van der Waals surface area contributed by atoms with E-state index in [1.807, 2.05) is 48.7 Å². The summed E-state index contributed by atoms with van der Waals surface area (Å²) in [5.74, 6) is 0.627. The average molecular weight is 348 g/mol. The number of benzene rings is 3. The number of fused-ring (bicyclic) bond motifs is 2. The van der Waals surface area contributed by atoms with Crippen molar-refractivity contribution in [1.29, 1.82) is 0 Å². The Bertz CT molecular complexity index is 1190. The van der Waals surface area contributed by atoms with Crippen molar-refractivity contribution in [3.05, 3.63) is 107 Å². The molecule has 1 N–H and O–H groups in total. The molecule has 2 atom stereocenters. The molecule has 0 bridgehead atoms. The molecular weight excluding hydrogens is 332 g/mol. The first-order valence-electron chi connectivity index (χ1n) is 8.88. The van der Waals surface area contributed by atoms with E-state index in [1.165, 1.54) is 10.8 Å². The van der Waals surface area contributed by atoms with Gasteiger partial charge in [-0.1, -0.05) is 72.8 Å². The molecule has 0 aliphatic carbocycles. The molecular formula is C23H16N4. The molecule has 27 heavy (non-hydrogen) atoms. The Kier molecular flexibility index (Phi) is 3.58. The fourth-order valence-electron chi connectivity index (χ4n) is 3.96. The molecule has 0 fully saturated rings. The largest absolute Gasteiger partial charge is 0.306 e. The zero-order chi connectivity index (χ0) is 18.2. The Morgan fingerprint density at radius 2 is 1.63 bits per heavy atom. The van der Waals surface area contributed by atoms with Crippen molar-refractivity contribution in [3.8, 4) is 0 Å². The molecule has 0 spiro atoms. The van der Waals surface area contributed by atoms with Crippen LogP contribution in [0.3, 0.4) is 0 Å². The molecule has 1 aliphatic heterocycles. The molecule has 128 valence electrons. The molecule has 4 aromatic rings. The Hall–Kier alpha value is -3.71. The van der Waals surface area contributed by atoms with E-state index in [1.54, 1.807) is 0 Å². The first-order chi connectivity index (χ1) is 13.4. The van der Waals surface area contributed by atoms with Gasteiger partial charge in [-0.3, -0.25) is 5.10 Å². The van der Waals surface area contributed by atoms with Crippen LogP contribution in [-0.2, 0) is 0 Å². The summed E-state index contributed by atoms with van der Waals surface area (Å²) in [4.78, 5) is 8.79. The van der Waals surface area contributed by atoms with Crippen LogP contribution in [0, 0.1) is 6.57 Å². The second-order valence-corrected chi connectivity index (χ2v) is 6.66. The second kappa shape index (κ2) is 6.22. The summed E-state index contributed by atoms with van der Waals surface area (Å²) < 4.78 is 0. The minimum Gasteiger partial charge on any atom is -0.306 e. The summed E-state index contributed by atoms with van der Waals surface area (Å²) in [6, 6.07) is 24.2. The van der Waals surface area contributed by atoms with Gasteiger partial charge in [0, 0.05) is 11.1 Å². The van der Waals surface area contributed by atoms with E-state index in [9.17, 15) is 0 Å². The van der Waals surface area contributed by atoms with Crippen molar-refractivity contribution in [3.63, 3.8) is 0 Å². The Balaban J connectivity index is 1.77. The molecule has 1 aromatic heterocycles. The van der Waals surface area contributed by atoms with E-state index in [2.05, 4.69) is 45.4 Å². The maximum absolute atomic E-state index is 7.97. The number of aromatic amines is 1. The van der Waals surface area contributed by atoms with Crippen molar-refractivity contribution < 1.29 is 0 Å². The van der Waals surface area contributed by atoms with Gasteiger partial charge >= 0.3 is 0 Å². The van der Waals surface area contributed by atoms with Gasteiger partial charge in [0.2, 0.25) is 0 Å². The highest BCUT2D eigenvalue weighted by molar-refractivity contribution is 6.09. The third-order valence-corrected chi connectivity index (χ3v) is 5.18. The third-order valence-electron chi connectivity index (χ3n) is 5.18. The molecule has 5 rings (SSSR count). The summed E-state index contributed by atoms with van der Waals surface area (Å²) in [5.41, 5.74) is 3.89. The molecule has 0 saturated heterocycles. The molecule has 3 aromatic carbocycles. The van der Waals surface area contributed by atoms with Gasteiger partial charge < -0.3 is 4.85 Å². The summed E-state index contributed by atoms with van der Waals surface area (Å²) in [6.45, 7) is 7.97. The smallest absolute Gasteiger partial charge is 0.276 e. The number of H-pyrrole nitrogens is 1. The van der Waals surface area contributed by atoms with Crippen LogP contribution in [0.5, 0.6) is 0 Å². The number of hydrogen-bond acceptors (Lipinski definition) is 2. The minimum absolute atomic E-state index is 0.116. The summed E-state index contributed by atoms with van der Waals surface area (Å²) in [5, 5.41) is 9.57. The van der Waals surface area contributed by atoms with Crippen LogP contribution in [0.25, 0.3) is 15.6 Å². The summed E-state index contributed by atoms with van der Waals surface area (Å²) in [6.07, 6.45) is 1.81. The van der Waals surface area contributed by atoms with E-state index >= 15 is 0 Å². The first-order valence-corrected chi connectivity index (χ1v) is 8.88. The lowest BCUT2D eigenvalue weighted by atomic mass is 9.79. The van der Waals surface area contributed by atoms with E-state index in [-0.39, 0.29) is 5.92 Å². The zero-order valence-electron chi connectivity index (χ0n) is 14.5. The number of nitrogens with zero attached hydrogens (tertiary/aromatic N) is 3. The molecule has 0 saturated carbocycles. The standard InChI is InChI=1S/C23H16N4/c1-24-22-20(18-13-7-11-15-8-5-6-12-17(15)18)19-14-25-27-23(19)26-21(22)16-9-3-2-4-10-16/h2-14,20,22H,(H,25,27). The lowest BCUT2D eigenvalue weighted by Crippen LogP contribution is -2.29. The first kappa shape index (κ1) is 15.5.